The van der Waals surface area contributed by atoms with Gasteiger partial charge in [-0.15, -0.1) is 0 Å². The van der Waals surface area contributed by atoms with Gasteiger partial charge >= 0.3 is 0 Å². The summed E-state index contributed by atoms with van der Waals surface area (Å²) in [5, 5.41) is 3.24. The molecule has 2 aromatic rings. The molecule has 2 aromatic carbocycles. The van der Waals surface area contributed by atoms with E-state index < -0.39 is 5.82 Å². The average Bonchev–Trinajstić information content (AvgIpc) is 2.35. The summed E-state index contributed by atoms with van der Waals surface area (Å²) < 4.78 is 13.4. The first-order chi connectivity index (χ1) is 8.58. The van der Waals surface area contributed by atoms with Crippen molar-refractivity contribution in [1.29, 1.82) is 0 Å². The molecule has 0 bridgehead atoms. The summed E-state index contributed by atoms with van der Waals surface area (Å²) in [5.41, 5.74) is 0.838. The number of amides is 1. The second kappa shape index (κ2) is 5.50. The summed E-state index contributed by atoms with van der Waals surface area (Å²) in [7, 11) is 0. The molecule has 0 aliphatic rings. The maximum atomic E-state index is 13.3. The molecular formula is C13H8BrClFNO. The van der Waals surface area contributed by atoms with Gasteiger partial charge in [-0.1, -0.05) is 17.7 Å². The van der Waals surface area contributed by atoms with Crippen molar-refractivity contribution in [3.63, 3.8) is 0 Å². The summed E-state index contributed by atoms with van der Waals surface area (Å²) in [6.45, 7) is 0. The zero-order valence-corrected chi connectivity index (χ0v) is 11.4. The lowest BCUT2D eigenvalue weighted by molar-refractivity contribution is 0.102. The fourth-order valence-electron chi connectivity index (χ4n) is 1.41. The number of nitrogens with one attached hydrogen (secondary N) is 1. The van der Waals surface area contributed by atoms with Crippen LogP contribution in [0.3, 0.4) is 0 Å². The zero-order chi connectivity index (χ0) is 13.1. The van der Waals surface area contributed by atoms with Crippen molar-refractivity contribution < 1.29 is 9.18 Å². The molecule has 0 aliphatic heterocycles. The van der Waals surface area contributed by atoms with E-state index in [9.17, 15) is 9.18 Å². The Bertz CT molecular complexity index is 586. The molecule has 2 nitrogen and oxygen atoms in total. The third kappa shape index (κ3) is 2.89. The molecule has 92 valence electrons. The fourth-order valence-corrected chi connectivity index (χ4v) is 1.98. The Kier molecular flexibility index (Phi) is 3.99. The number of hydrogen-bond acceptors (Lipinski definition) is 1. The van der Waals surface area contributed by atoms with Crippen LogP contribution >= 0.6 is 27.5 Å². The third-order valence-corrected chi connectivity index (χ3v) is 3.36. The Balaban J connectivity index is 2.22. The lowest BCUT2D eigenvalue weighted by atomic mass is 10.2. The average molecular weight is 329 g/mol. The highest BCUT2D eigenvalue weighted by molar-refractivity contribution is 9.10. The van der Waals surface area contributed by atoms with Crippen molar-refractivity contribution in [2.24, 2.45) is 0 Å². The fraction of sp³-hybridized carbons (Fsp3) is 0. The van der Waals surface area contributed by atoms with Gasteiger partial charge in [-0.3, -0.25) is 4.79 Å². The standard InChI is InChI=1S/C13H8BrClFNO/c14-12-10(2-1-3-11(12)16)13(18)17-9-6-4-8(15)5-7-9/h1-7H,(H,17,18). The molecule has 0 fully saturated rings. The number of carbonyl (C=O) groups excluding carboxylic acids is 1. The summed E-state index contributed by atoms with van der Waals surface area (Å²) >= 11 is 8.79. The molecule has 0 aromatic heterocycles. The smallest absolute Gasteiger partial charge is 0.256 e. The van der Waals surface area contributed by atoms with Crippen LogP contribution < -0.4 is 5.32 Å². The number of hydrogen-bond donors (Lipinski definition) is 1. The van der Waals surface area contributed by atoms with Crippen LogP contribution in [0.1, 0.15) is 10.4 Å². The highest BCUT2D eigenvalue weighted by Crippen LogP contribution is 2.22. The van der Waals surface area contributed by atoms with Crippen LogP contribution in [-0.2, 0) is 0 Å². The van der Waals surface area contributed by atoms with E-state index in [1.165, 1.54) is 12.1 Å². The van der Waals surface area contributed by atoms with E-state index in [0.717, 1.165) is 0 Å². The van der Waals surface area contributed by atoms with Gasteiger partial charge in [0.05, 0.1) is 10.0 Å². The van der Waals surface area contributed by atoms with Crippen molar-refractivity contribution >= 4 is 39.1 Å². The Morgan fingerprint density at radius 2 is 1.83 bits per heavy atom. The Hall–Kier alpha value is -1.39. The van der Waals surface area contributed by atoms with Gasteiger partial charge in [0.25, 0.3) is 5.91 Å². The van der Waals surface area contributed by atoms with Crippen molar-refractivity contribution in [1.82, 2.24) is 0 Å². The van der Waals surface area contributed by atoms with E-state index in [1.54, 1.807) is 30.3 Å². The van der Waals surface area contributed by atoms with Gasteiger partial charge in [0.1, 0.15) is 5.82 Å². The molecule has 0 aliphatic carbocycles. The largest absolute Gasteiger partial charge is 0.322 e. The minimum Gasteiger partial charge on any atom is -0.322 e. The lowest BCUT2D eigenvalue weighted by Crippen LogP contribution is -2.12. The Labute approximate surface area is 117 Å². The van der Waals surface area contributed by atoms with Crippen LogP contribution in [0.2, 0.25) is 5.02 Å². The molecule has 0 atom stereocenters. The first kappa shape index (κ1) is 13.1. The minimum atomic E-state index is -0.473. The molecule has 0 radical (unpaired) electrons. The molecule has 18 heavy (non-hydrogen) atoms. The van der Waals surface area contributed by atoms with Gasteiger partial charge in [0.2, 0.25) is 0 Å². The second-order valence-corrected chi connectivity index (χ2v) is 4.79. The minimum absolute atomic E-state index is 0.150. The van der Waals surface area contributed by atoms with Crippen LogP contribution in [0, 0.1) is 5.82 Å². The molecule has 0 unspecified atom stereocenters. The number of rotatable bonds is 2. The summed E-state index contributed by atoms with van der Waals surface area (Å²) in [5.74, 6) is -0.859. The Morgan fingerprint density at radius 1 is 1.17 bits per heavy atom. The predicted molar refractivity (Wildman–Crippen MR) is 73.5 cm³/mol. The maximum absolute atomic E-state index is 13.3. The van der Waals surface area contributed by atoms with Gasteiger partial charge < -0.3 is 5.32 Å². The number of carbonyl (C=O) groups is 1. The van der Waals surface area contributed by atoms with Gasteiger partial charge in [0, 0.05) is 10.7 Å². The van der Waals surface area contributed by atoms with Crippen molar-refractivity contribution in [2.45, 2.75) is 0 Å². The van der Waals surface area contributed by atoms with Crippen molar-refractivity contribution in [3.05, 3.63) is 63.3 Å². The Morgan fingerprint density at radius 3 is 2.50 bits per heavy atom. The maximum Gasteiger partial charge on any atom is 0.256 e. The highest BCUT2D eigenvalue weighted by atomic mass is 79.9. The monoisotopic (exact) mass is 327 g/mol. The van der Waals surface area contributed by atoms with E-state index in [-0.39, 0.29) is 15.9 Å². The first-order valence-electron chi connectivity index (χ1n) is 5.09. The van der Waals surface area contributed by atoms with Gasteiger partial charge in [-0.2, -0.15) is 0 Å². The topological polar surface area (TPSA) is 29.1 Å². The van der Waals surface area contributed by atoms with Crippen molar-refractivity contribution in [2.75, 3.05) is 5.32 Å². The van der Waals surface area contributed by atoms with Gasteiger partial charge in [-0.05, 0) is 52.3 Å². The first-order valence-corrected chi connectivity index (χ1v) is 6.26. The van der Waals surface area contributed by atoms with Crippen LogP contribution in [0.15, 0.2) is 46.9 Å². The molecule has 0 heterocycles. The molecular weight excluding hydrogens is 321 g/mol. The second-order valence-electron chi connectivity index (χ2n) is 3.56. The lowest BCUT2D eigenvalue weighted by Gasteiger charge is -2.07. The normalized spacial score (nSPS) is 10.2. The van der Waals surface area contributed by atoms with Gasteiger partial charge in [0.15, 0.2) is 0 Å². The summed E-state index contributed by atoms with van der Waals surface area (Å²) in [4.78, 5) is 11.9. The summed E-state index contributed by atoms with van der Waals surface area (Å²) in [6, 6.07) is 11.0. The van der Waals surface area contributed by atoms with Crippen LogP contribution in [0.4, 0.5) is 10.1 Å². The summed E-state index contributed by atoms with van der Waals surface area (Å²) in [6.07, 6.45) is 0. The predicted octanol–water partition coefficient (Wildman–Crippen LogP) is 4.49. The molecule has 1 N–H and O–H groups in total. The van der Waals surface area contributed by atoms with Gasteiger partial charge in [-0.25, -0.2) is 4.39 Å². The zero-order valence-electron chi connectivity index (χ0n) is 9.08. The number of halogens is 3. The van der Waals surface area contributed by atoms with E-state index in [2.05, 4.69) is 21.2 Å². The molecule has 0 saturated carbocycles. The number of benzene rings is 2. The van der Waals surface area contributed by atoms with E-state index >= 15 is 0 Å². The van der Waals surface area contributed by atoms with Crippen LogP contribution in [-0.4, -0.2) is 5.91 Å². The molecule has 1 amide bonds. The van der Waals surface area contributed by atoms with Crippen molar-refractivity contribution in [3.8, 4) is 0 Å². The molecule has 5 heteroatoms. The van der Waals surface area contributed by atoms with E-state index in [0.29, 0.717) is 10.7 Å². The van der Waals surface area contributed by atoms with Crippen LogP contribution in [0.25, 0.3) is 0 Å². The highest BCUT2D eigenvalue weighted by Gasteiger charge is 2.12. The van der Waals surface area contributed by atoms with E-state index in [1.807, 2.05) is 0 Å². The molecule has 0 saturated heterocycles. The number of anilines is 1. The molecule has 2 rings (SSSR count). The van der Waals surface area contributed by atoms with Crippen LogP contribution in [0.5, 0.6) is 0 Å². The SMILES string of the molecule is O=C(Nc1ccc(Cl)cc1)c1cccc(F)c1Br. The van der Waals surface area contributed by atoms with E-state index in [4.69, 9.17) is 11.6 Å². The third-order valence-electron chi connectivity index (χ3n) is 2.30. The quantitative estimate of drug-likeness (QED) is 0.864. The molecule has 0 spiro atoms.